The normalized spacial score (nSPS) is 18.2. The molecular formula is C14H19FN2O3S. The summed E-state index contributed by atoms with van der Waals surface area (Å²) >= 11 is 0. The molecule has 116 valence electrons. The summed E-state index contributed by atoms with van der Waals surface area (Å²) in [6.07, 6.45) is 1.56. The summed E-state index contributed by atoms with van der Waals surface area (Å²) in [5.41, 5.74) is 0.798. The van der Waals surface area contributed by atoms with Crippen LogP contribution in [0, 0.1) is 12.7 Å². The van der Waals surface area contributed by atoms with Crippen LogP contribution in [-0.2, 0) is 14.6 Å². The van der Waals surface area contributed by atoms with Gasteiger partial charge in [0, 0.05) is 11.9 Å². The van der Waals surface area contributed by atoms with Gasteiger partial charge in [0.15, 0.2) is 14.6 Å². The van der Waals surface area contributed by atoms with Gasteiger partial charge in [-0.15, -0.1) is 0 Å². The van der Waals surface area contributed by atoms with E-state index in [9.17, 15) is 17.6 Å². The molecule has 0 spiro atoms. The Balaban J connectivity index is 2.29. The zero-order valence-electron chi connectivity index (χ0n) is 12.1. The summed E-state index contributed by atoms with van der Waals surface area (Å²) in [5.74, 6) is -0.912. The number of amides is 1. The van der Waals surface area contributed by atoms with Crippen molar-refractivity contribution in [1.82, 2.24) is 5.32 Å². The predicted octanol–water partition coefficient (Wildman–Crippen LogP) is 1.24. The van der Waals surface area contributed by atoms with E-state index < -0.39 is 20.5 Å². The predicted molar refractivity (Wildman–Crippen MR) is 79.4 cm³/mol. The molecule has 1 aliphatic heterocycles. The van der Waals surface area contributed by atoms with Gasteiger partial charge >= 0.3 is 0 Å². The number of aryl methyl sites for hydroxylation is 1. The van der Waals surface area contributed by atoms with Crippen molar-refractivity contribution >= 4 is 21.4 Å². The Bertz CT molecular complexity index is 652. The highest BCUT2D eigenvalue weighted by molar-refractivity contribution is 7.92. The largest absolute Gasteiger partial charge is 0.325 e. The minimum Gasteiger partial charge on any atom is -0.325 e. The van der Waals surface area contributed by atoms with Crippen LogP contribution in [0.15, 0.2) is 18.2 Å². The second-order valence-corrected chi connectivity index (χ2v) is 7.76. The molecular weight excluding hydrogens is 295 g/mol. The second-order valence-electron chi connectivity index (χ2n) is 5.43. The fourth-order valence-corrected chi connectivity index (χ4v) is 3.90. The third kappa shape index (κ3) is 3.08. The lowest BCUT2D eigenvalue weighted by Gasteiger charge is -2.34. The molecule has 1 fully saturated rings. The highest BCUT2D eigenvalue weighted by atomic mass is 32.2. The van der Waals surface area contributed by atoms with E-state index in [0.717, 1.165) is 6.26 Å². The number of carbonyl (C=O) groups excluding carboxylic acids is 1. The lowest BCUT2D eigenvalue weighted by Crippen LogP contribution is -2.55. The van der Waals surface area contributed by atoms with Gasteiger partial charge in [-0.2, -0.15) is 0 Å². The van der Waals surface area contributed by atoms with Gasteiger partial charge in [0.1, 0.15) is 5.82 Å². The van der Waals surface area contributed by atoms with E-state index in [4.69, 9.17) is 0 Å². The molecule has 0 saturated carbocycles. The Morgan fingerprint density at radius 1 is 1.33 bits per heavy atom. The number of anilines is 1. The van der Waals surface area contributed by atoms with Crippen LogP contribution in [-0.4, -0.2) is 38.4 Å². The number of sulfone groups is 1. The van der Waals surface area contributed by atoms with Crippen molar-refractivity contribution in [1.29, 1.82) is 0 Å². The standard InChI is InChI=1S/C14H19FN2O3S/c1-10-9-11(3-4-12(10)15)17-13(18)14(21(2,19)20)5-7-16-8-6-14/h3-4,9,16H,5-8H2,1-2H3,(H,17,18). The molecule has 2 N–H and O–H groups in total. The van der Waals surface area contributed by atoms with Crippen LogP contribution < -0.4 is 10.6 Å². The maximum Gasteiger partial charge on any atom is 0.245 e. The molecule has 0 bridgehead atoms. The van der Waals surface area contributed by atoms with Gasteiger partial charge in [-0.25, -0.2) is 12.8 Å². The molecule has 1 amide bonds. The fraction of sp³-hybridized carbons (Fsp3) is 0.500. The second kappa shape index (κ2) is 5.73. The third-order valence-corrected chi connectivity index (χ3v) is 5.96. The van der Waals surface area contributed by atoms with Crippen molar-refractivity contribution in [3.8, 4) is 0 Å². The highest BCUT2D eigenvalue weighted by Gasteiger charge is 2.48. The van der Waals surface area contributed by atoms with Gasteiger partial charge in [0.05, 0.1) is 0 Å². The van der Waals surface area contributed by atoms with Gasteiger partial charge in [-0.3, -0.25) is 4.79 Å². The Morgan fingerprint density at radius 3 is 2.48 bits per heavy atom. The van der Waals surface area contributed by atoms with Gasteiger partial charge in [0.25, 0.3) is 0 Å². The first-order chi connectivity index (χ1) is 9.76. The first-order valence-corrected chi connectivity index (χ1v) is 8.63. The van der Waals surface area contributed by atoms with Crippen LogP contribution >= 0.6 is 0 Å². The number of halogens is 1. The summed E-state index contributed by atoms with van der Waals surface area (Å²) in [4.78, 5) is 12.5. The van der Waals surface area contributed by atoms with Gasteiger partial charge < -0.3 is 10.6 Å². The van der Waals surface area contributed by atoms with Crippen LogP contribution in [0.3, 0.4) is 0 Å². The van der Waals surface area contributed by atoms with E-state index in [0.29, 0.717) is 24.3 Å². The van der Waals surface area contributed by atoms with Gasteiger partial charge in [0.2, 0.25) is 5.91 Å². The average Bonchev–Trinajstić information content (AvgIpc) is 2.42. The zero-order valence-corrected chi connectivity index (χ0v) is 12.9. The van der Waals surface area contributed by atoms with Crippen LogP contribution in [0.4, 0.5) is 10.1 Å². The summed E-state index contributed by atoms with van der Waals surface area (Å²) in [7, 11) is -3.55. The molecule has 1 saturated heterocycles. The molecule has 0 radical (unpaired) electrons. The number of hydrogen-bond donors (Lipinski definition) is 2. The van der Waals surface area contributed by atoms with E-state index in [1.807, 2.05) is 0 Å². The summed E-state index contributed by atoms with van der Waals surface area (Å²) in [6, 6.07) is 4.17. The number of carbonyl (C=O) groups is 1. The van der Waals surface area contributed by atoms with Crippen molar-refractivity contribution in [2.75, 3.05) is 24.7 Å². The highest BCUT2D eigenvalue weighted by Crippen LogP contribution is 2.29. The van der Waals surface area contributed by atoms with E-state index in [-0.39, 0.29) is 18.7 Å². The molecule has 1 aromatic carbocycles. The molecule has 1 aliphatic rings. The van der Waals surface area contributed by atoms with E-state index in [1.165, 1.54) is 18.2 Å². The Labute approximate surface area is 123 Å². The number of piperidine rings is 1. The van der Waals surface area contributed by atoms with Crippen molar-refractivity contribution in [2.45, 2.75) is 24.5 Å². The quantitative estimate of drug-likeness (QED) is 0.880. The van der Waals surface area contributed by atoms with E-state index in [2.05, 4.69) is 10.6 Å². The number of benzene rings is 1. The molecule has 0 atom stereocenters. The molecule has 5 nitrogen and oxygen atoms in total. The Hall–Kier alpha value is -1.47. The molecule has 7 heteroatoms. The topological polar surface area (TPSA) is 75.3 Å². The number of hydrogen-bond acceptors (Lipinski definition) is 4. The summed E-state index contributed by atoms with van der Waals surface area (Å²) < 4.78 is 36.0. The fourth-order valence-electron chi connectivity index (χ4n) is 2.56. The molecule has 0 aliphatic carbocycles. The van der Waals surface area contributed by atoms with Crippen molar-refractivity contribution in [3.63, 3.8) is 0 Å². The molecule has 21 heavy (non-hydrogen) atoms. The average molecular weight is 314 g/mol. The zero-order chi connectivity index (χ0) is 15.7. The Kier molecular flexibility index (Phi) is 4.34. The van der Waals surface area contributed by atoms with Crippen molar-refractivity contribution in [3.05, 3.63) is 29.6 Å². The summed E-state index contributed by atoms with van der Waals surface area (Å²) in [5, 5.41) is 5.67. The SMILES string of the molecule is Cc1cc(NC(=O)C2(S(C)(=O)=O)CCNCC2)ccc1F. The first-order valence-electron chi connectivity index (χ1n) is 6.74. The Morgan fingerprint density at radius 2 is 1.95 bits per heavy atom. The van der Waals surface area contributed by atoms with Gasteiger partial charge in [-0.05, 0) is 56.6 Å². The molecule has 2 rings (SSSR count). The molecule has 1 heterocycles. The van der Waals surface area contributed by atoms with Crippen LogP contribution in [0.1, 0.15) is 18.4 Å². The van der Waals surface area contributed by atoms with Crippen LogP contribution in [0.2, 0.25) is 0 Å². The molecule has 1 aromatic rings. The maximum atomic E-state index is 13.2. The number of nitrogens with one attached hydrogen (secondary N) is 2. The van der Waals surface area contributed by atoms with Crippen LogP contribution in [0.25, 0.3) is 0 Å². The van der Waals surface area contributed by atoms with Gasteiger partial charge in [-0.1, -0.05) is 0 Å². The van der Waals surface area contributed by atoms with E-state index in [1.54, 1.807) is 6.92 Å². The monoisotopic (exact) mass is 314 g/mol. The van der Waals surface area contributed by atoms with Crippen molar-refractivity contribution < 1.29 is 17.6 Å². The van der Waals surface area contributed by atoms with Crippen LogP contribution in [0.5, 0.6) is 0 Å². The van der Waals surface area contributed by atoms with E-state index >= 15 is 0 Å². The van der Waals surface area contributed by atoms with Crippen molar-refractivity contribution in [2.24, 2.45) is 0 Å². The third-order valence-electron chi connectivity index (χ3n) is 3.95. The minimum atomic E-state index is -3.55. The summed E-state index contributed by atoms with van der Waals surface area (Å²) in [6.45, 7) is 2.54. The lowest BCUT2D eigenvalue weighted by molar-refractivity contribution is -0.119. The number of rotatable bonds is 3. The molecule has 0 aromatic heterocycles. The molecule has 0 unspecified atom stereocenters. The maximum absolute atomic E-state index is 13.2. The minimum absolute atomic E-state index is 0.234. The smallest absolute Gasteiger partial charge is 0.245 e. The lowest BCUT2D eigenvalue weighted by atomic mass is 9.95. The first kappa shape index (κ1) is 15.9.